The van der Waals surface area contributed by atoms with Crippen molar-refractivity contribution in [3.8, 4) is 0 Å². The second-order valence-electron chi connectivity index (χ2n) is 4.03. The number of rotatable bonds is 3. The lowest BCUT2D eigenvalue weighted by Gasteiger charge is -2.06. The first-order chi connectivity index (χ1) is 7.65. The maximum atomic E-state index is 5.23. The Labute approximate surface area is 94.7 Å². The van der Waals surface area contributed by atoms with E-state index >= 15 is 0 Å². The van der Waals surface area contributed by atoms with Crippen LogP contribution in [0.2, 0.25) is 0 Å². The molecule has 0 aliphatic heterocycles. The van der Waals surface area contributed by atoms with Crippen molar-refractivity contribution in [2.24, 2.45) is 0 Å². The molecule has 4 heteroatoms. The van der Waals surface area contributed by atoms with Gasteiger partial charge in [0.05, 0.1) is 0 Å². The number of nitrogens with zero attached hydrogens (tertiary/aromatic N) is 2. The molecule has 0 saturated carbocycles. The summed E-state index contributed by atoms with van der Waals surface area (Å²) in [5, 5.41) is 10.7. The molecule has 1 aromatic heterocycles. The third-order valence-corrected chi connectivity index (χ3v) is 2.35. The molecule has 1 heterocycles. The molecule has 0 amide bonds. The summed E-state index contributed by atoms with van der Waals surface area (Å²) in [5.41, 5.74) is 2.26. The molecule has 0 aliphatic rings. The van der Waals surface area contributed by atoms with E-state index in [1.807, 2.05) is 12.1 Å². The van der Waals surface area contributed by atoms with E-state index in [1.165, 1.54) is 5.56 Å². The zero-order chi connectivity index (χ0) is 11.5. The van der Waals surface area contributed by atoms with Gasteiger partial charge in [-0.05, 0) is 23.6 Å². The molecule has 0 fully saturated rings. The van der Waals surface area contributed by atoms with Crippen molar-refractivity contribution in [3.63, 3.8) is 0 Å². The van der Waals surface area contributed by atoms with Gasteiger partial charge in [0.15, 0.2) is 0 Å². The van der Waals surface area contributed by atoms with E-state index in [-0.39, 0.29) is 0 Å². The molecule has 0 saturated heterocycles. The first-order valence-electron chi connectivity index (χ1n) is 5.32. The highest BCUT2D eigenvalue weighted by molar-refractivity contribution is 5.52. The van der Waals surface area contributed by atoms with Gasteiger partial charge in [0.1, 0.15) is 0 Å². The van der Waals surface area contributed by atoms with E-state index in [0.29, 0.717) is 17.8 Å². The van der Waals surface area contributed by atoms with Gasteiger partial charge in [-0.15, -0.1) is 5.10 Å². The van der Waals surface area contributed by atoms with Gasteiger partial charge in [-0.25, -0.2) is 0 Å². The molecule has 0 unspecified atom stereocenters. The zero-order valence-corrected chi connectivity index (χ0v) is 9.69. The third-order valence-electron chi connectivity index (χ3n) is 2.35. The van der Waals surface area contributed by atoms with Gasteiger partial charge < -0.3 is 9.73 Å². The van der Waals surface area contributed by atoms with Gasteiger partial charge >= 0.3 is 6.01 Å². The number of hydrogen-bond acceptors (Lipinski definition) is 4. The van der Waals surface area contributed by atoms with Gasteiger partial charge in [0.2, 0.25) is 5.89 Å². The van der Waals surface area contributed by atoms with Gasteiger partial charge in [-0.1, -0.05) is 31.1 Å². The second-order valence-corrected chi connectivity index (χ2v) is 4.03. The number of anilines is 2. The predicted molar refractivity (Wildman–Crippen MR) is 62.8 cm³/mol. The second kappa shape index (κ2) is 4.35. The fourth-order valence-electron chi connectivity index (χ4n) is 1.42. The normalized spacial score (nSPS) is 10.8. The molecule has 0 radical (unpaired) electrons. The van der Waals surface area contributed by atoms with Crippen molar-refractivity contribution in [1.82, 2.24) is 10.2 Å². The SMILES string of the molecule is Cc1nnc(Nc2ccc(C(C)C)cc2)o1. The van der Waals surface area contributed by atoms with Crippen LogP contribution in [0.25, 0.3) is 0 Å². The van der Waals surface area contributed by atoms with Crippen LogP contribution in [-0.4, -0.2) is 10.2 Å². The molecule has 0 aliphatic carbocycles. The van der Waals surface area contributed by atoms with E-state index in [1.54, 1.807) is 6.92 Å². The maximum Gasteiger partial charge on any atom is 0.320 e. The first-order valence-corrected chi connectivity index (χ1v) is 5.32. The molecule has 84 valence electrons. The van der Waals surface area contributed by atoms with Crippen LogP contribution in [0.1, 0.15) is 31.2 Å². The minimum absolute atomic E-state index is 0.426. The highest BCUT2D eigenvalue weighted by atomic mass is 16.4. The molecule has 16 heavy (non-hydrogen) atoms. The van der Waals surface area contributed by atoms with Gasteiger partial charge in [0, 0.05) is 12.6 Å². The van der Waals surface area contributed by atoms with E-state index in [9.17, 15) is 0 Å². The fraction of sp³-hybridized carbons (Fsp3) is 0.333. The Morgan fingerprint density at radius 2 is 1.81 bits per heavy atom. The number of hydrogen-bond donors (Lipinski definition) is 1. The smallest absolute Gasteiger partial charge is 0.320 e. The van der Waals surface area contributed by atoms with Crippen LogP contribution in [0.4, 0.5) is 11.7 Å². The van der Waals surface area contributed by atoms with E-state index in [0.717, 1.165) is 5.69 Å². The number of nitrogens with one attached hydrogen (secondary N) is 1. The Morgan fingerprint density at radius 1 is 1.12 bits per heavy atom. The molecular weight excluding hydrogens is 202 g/mol. The Bertz CT molecular complexity index is 459. The molecule has 2 aromatic rings. The van der Waals surface area contributed by atoms with E-state index < -0.39 is 0 Å². The van der Waals surface area contributed by atoms with E-state index in [4.69, 9.17) is 4.42 Å². The van der Waals surface area contributed by atoms with Crippen LogP contribution >= 0.6 is 0 Å². The minimum atomic E-state index is 0.426. The average Bonchev–Trinajstić information content (AvgIpc) is 2.65. The number of aryl methyl sites for hydroxylation is 1. The quantitative estimate of drug-likeness (QED) is 0.857. The summed E-state index contributed by atoms with van der Waals surface area (Å²) in [5.74, 6) is 1.10. The Morgan fingerprint density at radius 3 is 2.31 bits per heavy atom. The minimum Gasteiger partial charge on any atom is -0.408 e. The van der Waals surface area contributed by atoms with Crippen molar-refractivity contribution in [1.29, 1.82) is 0 Å². The molecule has 4 nitrogen and oxygen atoms in total. The zero-order valence-electron chi connectivity index (χ0n) is 9.69. The summed E-state index contributed by atoms with van der Waals surface area (Å²) in [7, 11) is 0. The Hall–Kier alpha value is -1.84. The van der Waals surface area contributed by atoms with Crippen molar-refractivity contribution in [2.45, 2.75) is 26.7 Å². The molecule has 1 N–H and O–H groups in total. The maximum absolute atomic E-state index is 5.23. The average molecular weight is 217 g/mol. The Balaban J connectivity index is 2.11. The summed E-state index contributed by atoms with van der Waals surface area (Å²) in [6, 6.07) is 8.63. The summed E-state index contributed by atoms with van der Waals surface area (Å²) in [4.78, 5) is 0. The highest BCUT2D eigenvalue weighted by Gasteiger charge is 2.03. The van der Waals surface area contributed by atoms with Crippen LogP contribution < -0.4 is 5.32 Å². The summed E-state index contributed by atoms with van der Waals surface area (Å²) < 4.78 is 5.23. The molecular formula is C12H15N3O. The van der Waals surface area contributed by atoms with Crippen LogP contribution in [0.3, 0.4) is 0 Å². The van der Waals surface area contributed by atoms with Crippen LogP contribution in [0.15, 0.2) is 28.7 Å². The fourth-order valence-corrected chi connectivity index (χ4v) is 1.42. The Kier molecular flexibility index (Phi) is 2.90. The molecule has 0 atom stereocenters. The molecule has 0 spiro atoms. The summed E-state index contributed by atoms with van der Waals surface area (Å²) >= 11 is 0. The third kappa shape index (κ3) is 2.39. The predicted octanol–water partition coefficient (Wildman–Crippen LogP) is 3.25. The topological polar surface area (TPSA) is 51.0 Å². The van der Waals surface area contributed by atoms with Gasteiger partial charge in [-0.2, -0.15) is 0 Å². The number of aromatic nitrogens is 2. The lowest BCUT2D eigenvalue weighted by molar-refractivity contribution is 0.535. The summed E-state index contributed by atoms with van der Waals surface area (Å²) in [6.45, 7) is 6.10. The van der Waals surface area contributed by atoms with Crippen LogP contribution in [-0.2, 0) is 0 Å². The van der Waals surface area contributed by atoms with Gasteiger partial charge in [0.25, 0.3) is 0 Å². The largest absolute Gasteiger partial charge is 0.408 e. The first kappa shape index (κ1) is 10.7. The summed E-state index contributed by atoms with van der Waals surface area (Å²) in [6.07, 6.45) is 0. The lowest BCUT2D eigenvalue weighted by atomic mass is 10.0. The molecule has 0 bridgehead atoms. The molecule has 1 aromatic carbocycles. The molecule has 2 rings (SSSR count). The van der Waals surface area contributed by atoms with Crippen molar-refractivity contribution in [2.75, 3.05) is 5.32 Å². The van der Waals surface area contributed by atoms with Crippen LogP contribution in [0.5, 0.6) is 0 Å². The standard InChI is InChI=1S/C12H15N3O/c1-8(2)10-4-6-11(7-5-10)13-12-15-14-9(3)16-12/h4-8H,1-3H3,(H,13,15). The van der Waals surface area contributed by atoms with E-state index in [2.05, 4.69) is 41.5 Å². The lowest BCUT2D eigenvalue weighted by Crippen LogP contribution is -1.92. The van der Waals surface area contributed by atoms with Crippen molar-refractivity contribution >= 4 is 11.7 Å². The number of benzene rings is 1. The van der Waals surface area contributed by atoms with Crippen molar-refractivity contribution < 1.29 is 4.42 Å². The highest BCUT2D eigenvalue weighted by Crippen LogP contribution is 2.19. The monoisotopic (exact) mass is 217 g/mol. The van der Waals surface area contributed by atoms with Crippen molar-refractivity contribution in [3.05, 3.63) is 35.7 Å². The van der Waals surface area contributed by atoms with Gasteiger partial charge in [-0.3, -0.25) is 0 Å². The van der Waals surface area contributed by atoms with Crippen LogP contribution in [0, 0.1) is 6.92 Å².